The van der Waals surface area contributed by atoms with Gasteiger partial charge in [0.1, 0.15) is 11.8 Å². The van der Waals surface area contributed by atoms with Crippen molar-refractivity contribution >= 4 is 11.8 Å². The van der Waals surface area contributed by atoms with E-state index in [2.05, 4.69) is 5.32 Å². The first-order valence-electron chi connectivity index (χ1n) is 11.6. The van der Waals surface area contributed by atoms with E-state index in [1.807, 2.05) is 31.2 Å². The highest BCUT2D eigenvalue weighted by atomic mass is 16.5. The second-order valence-electron chi connectivity index (χ2n) is 8.52. The molecular weight excluding hydrogens is 392 g/mol. The summed E-state index contributed by atoms with van der Waals surface area (Å²) in [6.07, 6.45) is 9.69. The Labute approximate surface area is 183 Å². The Morgan fingerprint density at radius 3 is 2.35 bits per heavy atom. The smallest absolute Gasteiger partial charge is 0.290 e. The number of nitrogens with one attached hydrogen (secondary N) is 1. The molecule has 1 atom stereocenters. The minimum Gasteiger partial charge on any atom is -0.494 e. The van der Waals surface area contributed by atoms with Gasteiger partial charge in [-0.25, -0.2) is 0 Å². The van der Waals surface area contributed by atoms with Gasteiger partial charge >= 0.3 is 0 Å². The van der Waals surface area contributed by atoms with Crippen molar-refractivity contribution in [2.45, 2.75) is 76.4 Å². The SMILES string of the molecule is CCOc1ccc(C(C(=O)NC2CCCC2)N(C(=O)c2ccco2)C2CCCC2)cc1. The fourth-order valence-corrected chi connectivity index (χ4v) is 4.91. The Kier molecular flexibility index (Phi) is 6.95. The summed E-state index contributed by atoms with van der Waals surface area (Å²) in [4.78, 5) is 28.9. The van der Waals surface area contributed by atoms with Gasteiger partial charge in [-0.2, -0.15) is 0 Å². The second-order valence-corrected chi connectivity index (χ2v) is 8.52. The molecule has 6 nitrogen and oxygen atoms in total. The molecule has 0 saturated heterocycles. The van der Waals surface area contributed by atoms with E-state index < -0.39 is 6.04 Å². The van der Waals surface area contributed by atoms with Crippen molar-refractivity contribution in [1.82, 2.24) is 10.2 Å². The van der Waals surface area contributed by atoms with Crippen LogP contribution in [-0.2, 0) is 4.79 Å². The average molecular weight is 425 g/mol. The summed E-state index contributed by atoms with van der Waals surface area (Å²) < 4.78 is 11.0. The molecule has 0 aliphatic heterocycles. The zero-order chi connectivity index (χ0) is 21.6. The van der Waals surface area contributed by atoms with Crippen molar-refractivity contribution in [3.8, 4) is 5.75 Å². The highest BCUT2D eigenvalue weighted by molar-refractivity contribution is 5.96. The predicted molar refractivity (Wildman–Crippen MR) is 118 cm³/mol. The van der Waals surface area contributed by atoms with Crippen LogP contribution in [0.1, 0.15) is 80.5 Å². The van der Waals surface area contributed by atoms with E-state index in [1.54, 1.807) is 17.0 Å². The van der Waals surface area contributed by atoms with Crippen LogP contribution in [0.5, 0.6) is 5.75 Å². The molecule has 2 aliphatic rings. The number of carbonyl (C=O) groups is 2. The van der Waals surface area contributed by atoms with Crippen LogP contribution >= 0.6 is 0 Å². The second kappa shape index (κ2) is 10.0. The summed E-state index contributed by atoms with van der Waals surface area (Å²) in [5.41, 5.74) is 0.797. The maximum atomic E-state index is 13.6. The fourth-order valence-electron chi connectivity index (χ4n) is 4.91. The first-order chi connectivity index (χ1) is 15.2. The molecule has 31 heavy (non-hydrogen) atoms. The summed E-state index contributed by atoms with van der Waals surface area (Å²) in [6, 6.07) is 10.4. The minimum atomic E-state index is -0.697. The van der Waals surface area contributed by atoms with Gasteiger partial charge in [-0.15, -0.1) is 0 Å². The Balaban J connectivity index is 1.69. The highest BCUT2D eigenvalue weighted by Gasteiger charge is 2.39. The number of carbonyl (C=O) groups excluding carboxylic acids is 2. The number of rotatable bonds is 8. The lowest BCUT2D eigenvalue weighted by Crippen LogP contribution is -2.49. The van der Waals surface area contributed by atoms with Gasteiger partial charge in [0, 0.05) is 12.1 Å². The van der Waals surface area contributed by atoms with Gasteiger partial charge in [-0.3, -0.25) is 9.59 Å². The molecule has 1 N–H and O–H groups in total. The van der Waals surface area contributed by atoms with Crippen LogP contribution < -0.4 is 10.1 Å². The van der Waals surface area contributed by atoms with Gasteiger partial charge in [0.25, 0.3) is 5.91 Å². The molecule has 0 bridgehead atoms. The maximum absolute atomic E-state index is 13.6. The Morgan fingerprint density at radius 1 is 1.06 bits per heavy atom. The van der Waals surface area contributed by atoms with Crippen LogP contribution in [0.4, 0.5) is 0 Å². The summed E-state index contributed by atoms with van der Waals surface area (Å²) in [6.45, 7) is 2.52. The third-order valence-electron chi connectivity index (χ3n) is 6.42. The van der Waals surface area contributed by atoms with Crippen LogP contribution in [0.3, 0.4) is 0 Å². The van der Waals surface area contributed by atoms with Crippen molar-refractivity contribution in [2.24, 2.45) is 0 Å². The number of hydrogen-bond acceptors (Lipinski definition) is 4. The lowest BCUT2D eigenvalue weighted by Gasteiger charge is -2.36. The molecule has 2 aliphatic carbocycles. The zero-order valence-corrected chi connectivity index (χ0v) is 18.2. The predicted octanol–water partition coefficient (Wildman–Crippen LogP) is 4.86. The van der Waals surface area contributed by atoms with Crippen LogP contribution in [0.2, 0.25) is 0 Å². The third kappa shape index (κ3) is 4.94. The van der Waals surface area contributed by atoms with Crippen LogP contribution in [0.25, 0.3) is 0 Å². The van der Waals surface area contributed by atoms with Gasteiger partial charge in [-0.1, -0.05) is 37.8 Å². The molecule has 2 fully saturated rings. The van der Waals surface area contributed by atoms with E-state index in [1.165, 1.54) is 6.26 Å². The van der Waals surface area contributed by atoms with Crippen LogP contribution in [0, 0.1) is 0 Å². The number of benzene rings is 1. The molecule has 2 aromatic rings. The molecule has 1 heterocycles. The topological polar surface area (TPSA) is 71.8 Å². The molecular formula is C25H32N2O4. The zero-order valence-electron chi connectivity index (χ0n) is 18.2. The van der Waals surface area contributed by atoms with E-state index in [4.69, 9.17) is 9.15 Å². The van der Waals surface area contributed by atoms with E-state index in [0.29, 0.717) is 6.61 Å². The first-order valence-corrected chi connectivity index (χ1v) is 11.6. The van der Waals surface area contributed by atoms with E-state index in [0.717, 1.165) is 62.7 Å². The largest absolute Gasteiger partial charge is 0.494 e. The molecule has 2 saturated carbocycles. The Bertz CT molecular complexity index is 850. The summed E-state index contributed by atoms with van der Waals surface area (Å²) in [5, 5.41) is 3.23. The number of amides is 2. The van der Waals surface area contributed by atoms with Crippen molar-refractivity contribution < 1.29 is 18.7 Å². The molecule has 1 unspecified atom stereocenters. The number of ether oxygens (including phenoxy) is 1. The summed E-state index contributed by atoms with van der Waals surface area (Å²) in [5.74, 6) is 0.697. The summed E-state index contributed by atoms with van der Waals surface area (Å²) in [7, 11) is 0. The van der Waals surface area contributed by atoms with Gasteiger partial charge in [0.2, 0.25) is 5.91 Å². The van der Waals surface area contributed by atoms with E-state index >= 15 is 0 Å². The molecule has 1 aromatic heterocycles. The van der Waals surface area contributed by atoms with Gasteiger partial charge < -0.3 is 19.4 Å². The molecule has 0 radical (unpaired) electrons. The number of hydrogen-bond donors (Lipinski definition) is 1. The van der Waals surface area contributed by atoms with Crippen LogP contribution in [0.15, 0.2) is 47.1 Å². The van der Waals surface area contributed by atoms with Gasteiger partial charge in [0.05, 0.1) is 12.9 Å². The standard InChI is InChI=1S/C25H32N2O4/c1-2-30-21-15-13-18(14-16-21)23(24(28)26-19-8-3-4-9-19)27(20-10-5-6-11-20)25(29)22-12-7-17-31-22/h7,12-17,19-20,23H,2-6,8-11H2,1H3,(H,26,28). The normalized spacial score (nSPS) is 18.1. The van der Waals surface area contributed by atoms with E-state index in [-0.39, 0.29) is 29.7 Å². The molecule has 2 amide bonds. The number of nitrogens with zero attached hydrogens (tertiary/aromatic N) is 1. The van der Waals surface area contributed by atoms with Crippen molar-refractivity contribution in [1.29, 1.82) is 0 Å². The van der Waals surface area contributed by atoms with Crippen molar-refractivity contribution in [3.63, 3.8) is 0 Å². The molecule has 166 valence electrons. The Morgan fingerprint density at radius 2 is 1.74 bits per heavy atom. The first kappa shape index (κ1) is 21.5. The van der Waals surface area contributed by atoms with Gasteiger partial charge in [0.15, 0.2) is 5.76 Å². The molecule has 6 heteroatoms. The van der Waals surface area contributed by atoms with Crippen molar-refractivity contribution in [2.75, 3.05) is 6.61 Å². The van der Waals surface area contributed by atoms with Crippen LogP contribution in [-0.4, -0.2) is 35.4 Å². The average Bonchev–Trinajstić information content (AvgIpc) is 3.56. The molecule has 1 aromatic carbocycles. The lowest BCUT2D eigenvalue weighted by atomic mass is 10.00. The maximum Gasteiger partial charge on any atom is 0.290 e. The van der Waals surface area contributed by atoms with Gasteiger partial charge in [-0.05, 0) is 62.4 Å². The highest BCUT2D eigenvalue weighted by Crippen LogP contribution is 2.34. The summed E-state index contributed by atoms with van der Waals surface area (Å²) >= 11 is 0. The molecule has 4 rings (SSSR count). The minimum absolute atomic E-state index is 0.0171. The quantitative estimate of drug-likeness (QED) is 0.657. The molecule has 0 spiro atoms. The van der Waals surface area contributed by atoms with E-state index in [9.17, 15) is 9.59 Å². The lowest BCUT2D eigenvalue weighted by molar-refractivity contribution is -0.127. The fraction of sp³-hybridized carbons (Fsp3) is 0.520. The monoisotopic (exact) mass is 424 g/mol. The third-order valence-corrected chi connectivity index (χ3v) is 6.42. The van der Waals surface area contributed by atoms with Crippen molar-refractivity contribution in [3.05, 3.63) is 54.0 Å². The number of furan rings is 1. The Hall–Kier alpha value is -2.76.